The summed E-state index contributed by atoms with van der Waals surface area (Å²) in [6, 6.07) is 4.18. The van der Waals surface area contributed by atoms with E-state index in [1.807, 2.05) is 26.8 Å². The Morgan fingerprint density at radius 1 is 1.31 bits per heavy atom. The first-order chi connectivity index (χ1) is 7.45. The second-order valence-corrected chi connectivity index (χ2v) is 5.12. The van der Waals surface area contributed by atoms with Crippen LogP contribution in [0, 0.1) is 13.8 Å². The maximum absolute atomic E-state index is 11.1. The molecule has 0 saturated carbocycles. The van der Waals surface area contributed by atoms with Gasteiger partial charge < -0.3 is 4.74 Å². The zero-order chi connectivity index (χ0) is 12.3. The van der Waals surface area contributed by atoms with Crippen LogP contribution in [0.15, 0.2) is 12.1 Å². The molecule has 0 heterocycles. The van der Waals surface area contributed by atoms with Crippen molar-refractivity contribution in [2.24, 2.45) is 0 Å². The van der Waals surface area contributed by atoms with Crippen LogP contribution in [0.1, 0.15) is 29.7 Å². The van der Waals surface area contributed by atoms with E-state index in [1.165, 1.54) is 0 Å². The molecule has 0 fully saturated rings. The lowest BCUT2D eigenvalue weighted by Crippen LogP contribution is -2.20. The van der Waals surface area contributed by atoms with Crippen molar-refractivity contribution >= 4 is 11.0 Å². The molecule has 1 aromatic carbocycles. The summed E-state index contributed by atoms with van der Waals surface area (Å²) >= 11 is 0. The van der Waals surface area contributed by atoms with Gasteiger partial charge in [-0.2, -0.15) is 0 Å². The summed E-state index contributed by atoms with van der Waals surface area (Å²) in [5.74, 6) is 0.895. The molecule has 3 nitrogen and oxygen atoms in total. The summed E-state index contributed by atoms with van der Waals surface area (Å²) in [6.07, 6.45) is 1.64. The highest BCUT2D eigenvalue weighted by Crippen LogP contribution is 2.26. The number of hydrogen-bond donors (Lipinski definition) is 1. The number of rotatable bonds is 4. The van der Waals surface area contributed by atoms with Crippen molar-refractivity contribution < 1.29 is 8.95 Å². The van der Waals surface area contributed by atoms with Crippen molar-refractivity contribution in [3.8, 4) is 5.75 Å². The van der Waals surface area contributed by atoms with Gasteiger partial charge in [0.15, 0.2) is 0 Å². The van der Waals surface area contributed by atoms with Crippen LogP contribution in [0.5, 0.6) is 5.75 Å². The lowest BCUT2D eigenvalue weighted by Gasteiger charge is -2.17. The normalized spacial score (nSPS) is 14.6. The molecule has 1 aromatic rings. The second-order valence-electron chi connectivity index (χ2n) is 3.97. The Morgan fingerprint density at radius 2 is 1.94 bits per heavy atom. The van der Waals surface area contributed by atoms with Crippen LogP contribution in [0.25, 0.3) is 0 Å². The van der Waals surface area contributed by atoms with Crippen LogP contribution in [0.2, 0.25) is 0 Å². The van der Waals surface area contributed by atoms with Crippen molar-refractivity contribution in [3.63, 3.8) is 0 Å². The highest BCUT2D eigenvalue weighted by Gasteiger charge is 2.11. The number of aryl methyl sites for hydroxylation is 2. The third-order valence-corrected chi connectivity index (χ3v) is 3.28. The zero-order valence-electron chi connectivity index (χ0n) is 10.5. The molecule has 90 valence electrons. The Labute approximate surface area is 99.8 Å². The number of benzene rings is 1. The molecule has 0 spiro atoms. The Kier molecular flexibility index (Phi) is 4.50. The molecule has 1 rings (SSSR count). The van der Waals surface area contributed by atoms with Crippen LogP contribution in [-0.2, 0) is 11.0 Å². The van der Waals surface area contributed by atoms with Crippen LogP contribution in [0.3, 0.4) is 0 Å². The molecule has 16 heavy (non-hydrogen) atoms. The standard InChI is InChI=1S/C12H19NO2S/c1-8-7-12(15-4)9(2)6-11(8)10(3)13-16(5)14/h6-7,10,13H,1-5H3/t10-,16+/m1/s1. The van der Waals surface area contributed by atoms with Crippen molar-refractivity contribution in [1.29, 1.82) is 0 Å². The van der Waals surface area contributed by atoms with Crippen LogP contribution >= 0.6 is 0 Å². The zero-order valence-corrected chi connectivity index (χ0v) is 11.3. The summed E-state index contributed by atoms with van der Waals surface area (Å²) in [7, 11) is 0.671. The number of hydrogen-bond acceptors (Lipinski definition) is 2. The molecule has 0 saturated heterocycles. The third-order valence-electron chi connectivity index (χ3n) is 2.59. The van der Waals surface area contributed by atoms with Gasteiger partial charge in [0.1, 0.15) is 5.75 Å². The smallest absolute Gasteiger partial charge is 0.122 e. The predicted octanol–water partition coefficient (Wildman–Crippen LogP) is 2.26. The summed E-state index contributed by atoms with van der Waals surface area (Å²) in [5.41, 5.74) is 3.40. The molecule has 1 N–H and O–H groups in total. The van der Waals surface area contributed by atoms with Gasteiger partial charge in [-0.1, -0.05) is 6.07 Å². The summed E-state index contributed by atoms with van der Waals surface area (Å²) in [6.45, 7) is 6.06. The highest BCUT2D eigenvalue weighted by molar-refractivity contribution is 7.82. The Bertz CT molecular complexity index is 404. The van der Waals surface area contributed by atoms with Gasteiger partial charge in [0.25, 0.3) is 0 Å². The number of nitrogens with one attached hydrogen (secondary N) is 1. The topological polar surface area (TPSA) is 38.3 Å². The van der Waals surface area contributed by atoms with E-state index in [2.05, 4.69) is 10.8 Å². The van der Waals surface area contributed by atoms with Gasteiger partial charge in [-0.15, -0.1) is 0 Å². The quantitative estimate of drug-likeness (QED) is 0.878. The second kappa shape index (κ2) is 5.46. The first-order valence-electron chi connectivity index (χ1n) is 5.20. The summed E-state index contributed by atoms with van der Waals surface area (Å²) < 4.78 is 19.4. The predicted molar refractivity (Wildman–Crippen MR) is 68.1 cm³/mol. The molecular weight excluding hydrogens is 222 g/mol. The van der Waals surface area contributed by atoms with Gasteiger partial charge in [-0.05, 0) is 43.5 Å². The average molecular weight is 241 g/mol. The number of ether oxygens (including phenoxy) is 1. The molecule has 0 unspecified atom stereocenters. The Morgan fingerprint density at radius 3 is 2.44 bits per heavy atom. The molecule has 4 heteroatoms. The summed E-state index contributed by atoms with van der Waals surface area (Å²) in [5, 5.41) is 0. The van der Waals surface area contributed by atoms with Crippen molar-refractivity contribution in [3.05, 3.63) is 28.8 Å². The van der Waals surface area contributed by atoms with E-state index in [9.17, 15) is 4.21 Å². The highest BCUT2D eigenvalue weighted by atomic mass is 32.2. The molecule has 0 aromatic heterocycles. The van der Waals surface area contributed by atoms with Crippen LogP contribution < -0.4 is 9.46 Å². The first kappa shape index (κ1) is 13.2. The van der Waals surface area contributed by atoms with E-state index in [0.29, 0.717) is 0 Å². The van der Waals surface area contributed by atoms with E-state index in [4.69, 9.17) is 4.74 Å². The fraction of sp³-hybridized carbons (Fsp3) is 0.500. The molecular formula is C12H19NO2S. The average Bonchev–Trinajstić information content (AvgIpc) is 2.19. The van der Waals surface area contributed by atoms with Crippen LogP contribution in [-0.4, -0.2) is 17.6 Å². The van der Waals surface area contributed by atoms with E-state index in [0.717, 1.165) is 22.4 Å². The Balaban J connectivity index is 3.05. The van der Waals surface area contributed by atoms with Gasteiger partial charge in [0.05, 0.1) is 18.1 Å². The maximum Gasteiger partial charge on any atom is 0.122 e. The van der Waals surface area contributed by atoms with Gasteiger partial charge in [0.2, 0.25) is 0 Å². The molecule has 0 bridgehead atoms. The third kappa shape index (κ3) is 3.06. The minimum Gasteiger partial charge on any atom is -0.496 e. The van der Waals surface area contributed by atoms with E-state index in [1.54, 1.807) is 13.4 Å². The molecule has 0 aliphatic carbocycles. The Hall–Kier alpha value is -0.870. The lowest BCUT2D eigenvalue weighted by atomic mass is 10.00. The van der Waals surface area contributed by atoms with E-state index >= 15 is 0 Å². The van der Waals surface area contributed by atoms with Gasteiger partial charge in [0, 0.05) is 12.3 Å². The van der Waals surface area contributed by atoms with E-state index < -0.39 is 11.0 Å². The van der Waals surface area contributed by atoms with E-state index in [-0.39, 0.29) is 6.04 Å². The fourth-order valence-corrected chi connectivity index (χ4v) is 2.44. The monoisotopic (exact) mass is 241 g/mol. The molecule has 0 aliphatic heterocycles. The minimum atomic E-state index is -0.999. The maximum atomic E-state index is 11.1. The largest absolute Gasteiger partial charge is 0.496 e. The number of methoxy groups -OCH3 is 1. The fourth-order valence-electron chi connectivity index (χ4n) is 1.81. The molecule has 0 radical (unpaired) electrons. The van der Waals surface area contributed by atoms with Crippen molar-refractivity contribution in [2.45, 2.75) is 26.8 Å². The molecule has 2 atom stereocenters. The van der Waals surface area contributed by atoms with Crippen molar-refractivity contribution in [1.82, 2.24) is 4.72 Å². The van der Waals surface area contributed by atoms with Gasteiger partial charge >= 0.3 is 0 Å². The van der Waals surface area contributed by atoms with Gasteiger partial charge in [-0.25, -0.2) is 8.93 Å². The molecule has 0 amide bonds. The lowest BCUT2D eigenvalue weighted by molar-refractivity contribution is 0.411. The van der Waals surface area contributed by atoms with Gasteiger partial charge in [-0.3, -0.25) is 0 Å². The van der Waals surface area contributed by atoms with Crippen molar-refractivity contribution in [2.75, 3.05) is 13.4 Å². The minimum absolute atomic E-state index is 0.0791. The van der Waals surface area contributed by atoms with Crippen LogP contribution in [0.4, 0.5) is 0 Å². The molecule has 0 aliphatic rings. The summed E-state index contributed by atoms with van der Waals surface area (Å²) in [4.78, 5) is 0. The SMILES string of the molecule is COc1cc(C)c([C@@H](C)N[S@](C)=O)cc1C. The first-order valence-corrected chi connectivity index (χ1v) is 6.76.